The second-order valence-electron chi connectivity index (χ2n) is 5.62. The van der Waals surface area contributed by atoms with Gasteiger partial charge in [0.15, 0.2) is 6.61 Å². The lowest BCUT2D eigenvalue weighted by molar-refractivity contribution is -0.123. The highest BCUT2D eigenvalue weighted by Crippen LogP contribution is 2.24. The minimum absolute atomic E-state index is 0.0493. The van der Waals surface area contributed by atoms with Crippen molar-refractivity contribution in [3.8, 4) is 11.6 Å². The van der Waals surface area contributed by atoms with Crippen LogP contribution >= 0.6 is 15.9 Å². The van der Waals surface area contributed by atoms with Gasteiger partial charge in [0.2, 0.25) is 5.88 Å². The Labute approximate surface area is 160 Å². The summed E-state index contributed by atoms with van der Waals surface area (Å²) in [7, 11) is 0. The van der Waals surface area contributed by atoms with Crippen molar-refractivity contribution < 1.29 is 14.3 Å². The number of nitrogens with one attached hydrogen (secondary N) is 1. The number of benzene rings is 2. The first-order valence-corrected chi connectivity index (χ1v) is 9.10. The number of pyridine rings is 1. The van der Waals surface area contributed by atoms with E-state index in [2.05, 4.69) is 26.2 Å². The Kier molecular flexibility index (Phi) is 6.07. The molecule has 0 unspecified atom stereocenters. The van der Waals surface area contributed by atoms with Gasteiger partial charge in [-0.1, -0.05) is 34.1 Å². The number of hydrogen-bond acceptors (Lipinski definition) is 4. The molecule has 0 radical (unpaired) electrons. The van der Waals surface area contributed by atoms with Crippen LogP contribution in [0.2, 0.25) is 0 Å². The standard InChI is InChI=1S/C20H19BrN2O3/c1-2-25-20-16(4-3-9-22-20)12-23-19(24)13-26-18-8-6-14-10-17(21)7-5-15(14)11-18/h3-11H,2,12-13H2,1H3,(H,23,24). The van der Waals surface area contributed by atoms with E-state index in [1.54, 1.807) is 6.20 Å². The maximum Gasteiger partial charge on any atom is 0.258 e. The molecular formula is C20H19BrN2O3. The molecule has 2 aromatic carbocycles. The van der Waals surface area contributed by atoms with Gasteiger partial charge in [0.05, 0.1) is 6.61 Å². The Morgan fingerprint density at radius 1 is 1.12 bits per heavy atom. The van der Waals surface area contributed by atoms with Crippen molar-refractivity contribution in [3.05, 3.63) is 64.8 Å². The van der Waals surface area contributed by atoms with Gasteiger partial charge in [-0.15, -0.1) is 0 Å². The van der Waals surface area contributed by atoms with Crippen LogP contribution in [0.4, 0.5) is 0 Å². The number of aromatic nitrogens is 1. The van der Waals surface area contributed by atoms with Crippen LogP contribution in [0, 0.1) is 0 Å². The van der Waals surface area contributed by atoms with E-state index in [0.717, 1.165) is 20.8 Å². The van der Waals surface area contributed by atoms with Crippen molar-refractivity contribution in [2.75, 3.05) is 13.2 Å². The van der Waals surface area contributed by atoms with E-state index in [1.165, 1.54) is 0 Å². The molecular weight excluding hydrogens is 396 g/mol. The van der Waals surface area contributed by atoms with Gasteiger partial charge in [-0.3, -0.25) is 4.79 Å². The first-order chi connectivity index (χ1) is 12.7. The highest BCUT2D eigenvalue weighted by molar-refractivity contribution is 9.10. The fraction of sp³-hybridized carbons (Fsp3) is 0.200. The van der Waals surface area contributed by atoms with Gasteiger partial charge in [-0.05, 0) is 48.0 Å². The van der Waals surface area contributed by atoms with E-state index in [1.807, 2.05) is 55.5 Å². The number of carbonyl (C=O) groups is 1. The zero-order valence-electron chi connectivity index (χ0n) is 14.4. The maximum absolute atomic E-state index is 12.1. The van der Waals surface area contributed by atoms with Crippen molar-refractivity contribution >= 4 is 32.6 Å². The number of fused-ring (bicyclic) bond motifs is 1. The van der Waals surface area contributed by atoms with Gasteiger partial charge in [-0.25, -0.2) is 4.98 Å². The van der Waals surface area contributed by atoms with E-state index in [9.17, 15) is 4.79 Å². The molecule has 1 amide bonds. The van der Waals surface area contributed by atoms with Crippen molar-refractivity contribution in [1.82, 2.24) is 10.3 Å². The molecule has 0 bridgehead atoms. The fourth-order valence-electron chi connectivity index (χ4n) is 2.50. The minimum atomic E-state index is -0.202. The predicted molar refractivity (Wildman–Crippen MR) is 104 cm³/mol. The van der Waals surface area contributed by atoms with Gasteiger partial charge >= 0.3 is 0 Å². The van der Waals surface area contributed by atoms with E-state index < -0.39 is 0 Å². The fourth-order valence-corrected chi connectivity index (χ4v) is 2.88. The summed E-state index contributed by atoms with van der Waals surface area (Å²) in [5.41, 5.74) is 0.832. The maximum atomic E-state index is 12.1. The molecule has 0 saturated heterocycles. The molecule has 0 atom stereocenters. The van der Waals surface area contributed by atoms with E-state index in [0.29, 0.717) is 24.8 Å². The smallest absolute Gasteiger partial charge is 0.258 e. The summed E-state index contributed by atoms with van der Waals surface area (Å²) in [6.45, 7) is 2.72. The second kappa shape index (κ2) is 8.67. The Morgan fingerprint density at radius 2 is 1.92 bits per heavy atom. The lowest BCUT2D eigenvalue weighted by Gasteiger charge is -2.11. The molecule has 1 aromatic heterocycles. The minimum Gasteiger partial charge on any atom is -0.484 e. The SMILES string of the molecule is CCOc1ncccc1CNC(=O)COc1ccc2cc(Br)ccc2c1. The number of ether oxygens (including phenoxy) is 2. The molecule has 6 heteroatoms. The molecule has 26 heavy (non-hydrogen) atoms. The number of carbonyl (C=O) groups excluding carboxylic acids is 1. The molecule has 134 valence electrons. The zero-order chi connectivity index (χ0) is 18.4. The largest absolute Gasteiger partial charge is 0.484 e. The molecule has 1 heterocycles. The number of nitrogens with zero attached hydrogens (tertiary/aromatic N) is 1. The molecule has 3 aromatic rings. The molecule has 0 aliphatic rings. The molecule has 0 aliphatic heterocycles. The molecule has 5 nitrogen and oxygen atoms in total. The Bertz CT molecular complexity index is 914. The zero-order valence-corrected chi connectivity index (χ0v) is 16.0. The van der Waals surface area contributed by atoms with Crippen LogP contribution in [0.25, 0.3) is 10.8 Å². The van der Waals surface area contributed by atoms with Crippen LogP contribution in [0.3, 0.4) is 0 Å². The summed E-state index contributed by atoms with van der Waals surface area (Å²) in [4.78, 5) is 16.2. The van der Waals surface area contributed by atoms with Crippen LogP contribution in [-0.4, -0.2) is 24.1 Å². The van der Waals surface area contributed by atoms with Crippen LogP contribution in [0.1, 0.15) is 12.5 Å². The molecule has 0 fully saturated rings. The third-order valence-corrected chi connectivity index (χ3v) is 4.24. The molecule has 0 saturated carbocycles. The summed E-state index contributed by atoms with van der Waals surface area (Å²) in [5, 5.41) is 4.99. The molecule has 3 rings (SSSR count). The summed E-state index contributed by atoms with van der Waals surface area (Å²) >= 11 is 3.45. The Balaban J connectivity index is 1.55. The van der Waals surface area contributed by atoms with Crippen molar-refractivity contribution in [3.63, 3.8) is 0 Å². The topological polar surface area (TPSA) is 60.5 Å². The van der Waals surface area contributed by atoms with Gasteiger partial charge in [0.25, 0.3) is 5.91 Å². The second-order valence-corrected chi connectivity index (χ2v) is 6.54. The normalized spacial score (nSPS) is 10.5. The molecule has 0 aliphatic carbocycles. The lowest BCUT2D eigenvalue weighted by Crippen LogP contribution is -2.28. The highest BCUT2D eigenvalue weighted by Gasteiger charge is 2.08. The summed E-state index contributed by atoms with van der Waals surface area (Å²) in [6.07, 6.45) is 1.66. The van der Waals surface area contributed by atoms with Gasteiger partial charge in [0, 0.05) is 22.8 Å². The number of rotatable bonds is 7. The first kappa shape index (κ1) is 18.2. The highest BCUT2D eigenvalue weighted by atomic mass is 79.9. The van der Waals surface area contributed by atoms with Gasteiger partial charge < -0.3 is 14.8 Å². The summed E-state index contributed by atoms with van der Waals surface area (Å²) in [5.74, 6) is 0.996. The van der Waals surface area contributed by atoms with Crippen molar-refractivity contribution in [2.24, 2.45) is 0 Å². The van der Waals surface area contributed by atoms with Gasteiger partial charge in [-0.2, -0.15) is 0 Å². The number of amides is 1. The van der Waals surface area contributed by atoms with Crippen molar-refractivity contribution in [1.29, 1.82) is 0 Å². The van der Waals surface area contributed by atoms with E-state index in [-0.39, 0.29) is 12.5 Å². The van der Waals surface area contributed by atoms with Gasteiger partial charge in [0.1, 0.15) is 5.75 Å². The van der Waals surface area contributed by atoms with E-state index >= 15 is 0 Å². The van der Waals surface area contributed by atoms with Crippen LogP contribution in [0.15, 0.2) is 59.2 Å². The third kappa shape index (κ3) is 4.73. The summed E-state index contributed by atoms with van der Waals surface area (Å²) in [6, 6.07) is 15.5. The van der Waals surface area contributed by atoms with Crippen LogP contribution < -0.4 is 14.8 Å². The average Bonchev–Trinajstić information content (AvgIpc) is 2.66. The van der Waals surface area contributed by atoms with Crippen molar-refractivity contribution in [2.45, 2.75) is 13.5 Å². The molecule has 1 N–H and O–H groups in total. The first-order valence-electron chi connectivity index (χ1n) is 8.31. The van der Waals surface area contributed by atoms with Crippen LogP contribution in [0.5, 0.6) is 11.6 Å². The quantitative estimate of drug-likeness (QED) is 0.632. The number of hydrogen-bond donors (Lipinski definition) is 1. The third-order valence-electron chi connectivity index (χ3n) is 3.75. The monoisotopic (exact) mass is 414 g/mol. The molecule has 0 spiro atoms. The Morgan fingerprint density at radius 3 is 2.77 bits per heavy atom. The lowest BCUT2D eigenvalue weighted by atomic mass is 10.1. The predicted octanol–water partition coefficient (Wildman–Crippen LogP) is 4.09. The Hall–Kier alpha value is -2.60. The number of halogens is 1. The average molecular weight is 415 g/mol. The summed E-state index contributed by atoms with van der Waals surface area (Å²) < 4.78 is 12.1. The van der Waals surface area contributed by atoms with Crippen LogP contribution in [-0.2, 0) is 11.3 Å². The van der Waals surface area contributed by atoms with E-state index in [4.69, 9.17) is 9.47 Å².